The first-order valence-corrected chi connectivity index (χ1v) is 6.45. The quantitative estimate of drug-likeness (QED) is 0.566. The van der Waals surface area contributed by atoms with Crippen LogP contribution in [0.2, 0.25) is 0 Å². The van der Waals surface area contributed by atoms with Gasteiger partial charge in [-0.25, -0.2) is 0 Å². The molecule has 2 N–H and O–H groups in total. The topological polar surface area (TPSA) is 44.9 Å². The Balaban J connectivity index is 1.75. The zero-order valence-corrected chi connectivity index (χ0v) is 10.5. The average Bonchev–Trinajstić information content (AvgIpc) is 3.04. The maximum Gasteiger partial charge on any atom is 0.191 e. The summed E-state index contributed by atoms with van der Waals surface area (Å²) >= 11 is 0. The molecule has 1 saturated heterocycles. The van der Waals surface area contributed by atoms with Gasteiger partial charge in [0.15, 0.2) is 5.96 Å². The Morgan fingerprint density at radius 1 is 1.44 bits per heavy atom. The molecule has 4 heteroatoms. The number of hydrogen-bond acceptors (Lipinski definition) is 2. The summed E-state index contributed by atoms with van der Waals surface area (Å²) in [5, 5.41) is 0. The third-order valence-electron chi connectivity index (χ3n) is 3.78. The van der Waals surface area contributed by atoms with Crippen LogP contribution < -0.4 is 5.73 Å². The van der Waals surface area contributed by atoms with Crippen LogP contribution in [-0.2, 0) is 0 Å². The van der Waals surface area contributed by atoms with Gasteiger partial charge in [0, 0.05) is 26.2 Å². The molecule has 0 aromatic carbocycles. The second-order valence-electron chi connectivity index (χ2n) is 5.09. The number of aliphatic imine (C=N–C) groups is 1. The van der Waals surface area contributed by atoms with Gasteiger partial charge in [-0.3, -0.25) is 4.99 Å². The van der Waals surface area contributed by atoms with E-state index in [0.717, 1.165) is 19.0 Å². The summed E-state index contributed by atoms with van der Waals surface area (Å²) in [5.41, 5.74) is 5.97. The number of nitrogens with zero attached hydrogens (tertiary/aromatic N) is 3. The van der Waals surface area contributed by atoms with Crippen molar-refractivity contribution in [2.45, 2.75) is 32.2 Å². The molecule has 2 fully saturated rings. The zero-order valence-electron chi connectivity index (χ0n) is 10.5. The largest absolute Gasteiger partial charge is 0.370 e. The average molecular weight is 224 g/mol. The van der Waals surface area contributed by atoms with Crippen molar-refractivity contribution in [1.29, 1.82) is 0 Å². The maximum absolute atomic E-state index is 5.97. The van der Waals surface area contributed by atoms with E-state index < -0.39 is 0 Å². The standard InChI is InChI=1S/C12H24N4/c1-3-16-7-6-10(9-16)8-14-12(13)15(2)11-4-5-11/h10-11H,3-9H2,1-2H3,(H2,13,14). The lowest BCUT2D eigenvalue weighted by Gasteiger charge is -2.18. The first-order chi connectivity index (χ1) is 7.70. The molecule has 2 rings (SSSR count). The summed E-state index contributed by atoms with van der Waals surface area (Å²) < 4.78 is 0. The van der Waals surface area contributed by atoms with Gasteiger partial charge in [-0.2, -0.15) is 0 Å². The third-order valence-corrected chi connectivity index (χ3v) is 3.78. The number of guanidine groups is 1. The Labute approximate surface area is 98.5 Å². The molecule has 0 bridgehead atoms. The van der Waals surface area contributed by atoms with Gasteiger partial charge in [-0.1, -0.05) is 6.92 Å². The number of likely N-dealkylation sites (tertiary alicyclic amines) is 1. The number of hydrogen-bond donors (Lipinski definition) is 1. The summed E-state index contributed by atoms with van der Waals surface area (Å²) in [6.45, 7) is 6.72. The minimum atomic E-state index is 0.666. The van der Waals surface area contributed by atoms with E-state index in [1.807, 2.05) is 0 Å². The van der Waals surface area contributed by atoms with Gasteiger partial charge in [0.25, 0.3) is 0 Å². The monoisotopic (exact) mass is 224 g/mol. The molecule has 0 amide bonds. The highest BCUT2D eigenvalue weighted by atomic mass is 15.3. The van der Waals surface area contributed by atoms with Crippen LogP contribution in [0.1, 0.15) is 26.2 Å². The summed E-state index contributed by atoms with van der Waals surface area (Å²) in [6.07, 6.45) is 3.83. The zero-order chi connectivity index (χ0) is 11.5. The van der Waals surface area contributed by atoms with Gasteiger partial charge in [-0.05, 0) is 38.3 Å². The molecule has 0 aromatic rings. The Morgan fingerprint density at radius 2 is 2.19 bits per heavy atom. The molecule has 16 heavy (non-hydrogen) atoms. The molecule has 1 unspecified atom stereocenters. The highest BCUT2D eigenvalue weighted by Crippen LogP contribution is 2.25. The SMILES string of the molecule is CCN1CCC(CN=C(N)N(C)C2CC2)C1. The summed E-state index contributed by atoms with van der Waals surface area (Å²) in [4.78, 5) is 9.15. The van der Waals surface area contributed by atoms with E-state index in [-0.39, 0.29) is 0 Å². The fraction of sp³-hybridized carbons (Fsp3) is 0.917. The normalized spacial score (nSPS) is 27.4. The van der Waals surface area contributed by atoms with E-state index in [0.29, 0.717) is 12.0 Å². The lowest BCUT2D eigenvalue weighted by atomic mass is 10.1. The first-order valence-electron chi connectivity index (χ1n) is 6.45. The minimum absolute atomic E-state index is 0.666. The molecular formula is C12H24N4. The Bertz CT molecular complexity index is 260. The smallest absolute Gasteiger partial charge is 0.191 e. The Kier molecular flexibility index (Phi) is 3.69. The van der Waals surface area contributed by atoms with E-state index in [1.54, 1.807) is 0 Å². The molecule has 2 aliphatic rings. The second-order valence-corrected chi connectivity index (χ2v) is 5.09. The number of rotatable bonds is 4. The van der Waals surface area contributed by atoms with E-state index in [4.69, 9.17) is 5.73 Å². The van der Waals surface area contributed by atoms with Gasteiger partial charge in [0.1, 0.15) is 0 Å². The molecule has 0 radical (unpaired) electrons. The van der Waals surface area contributed by atoms with Crippen molar-refractivity contribution in [3.05, 3.63) is 0 Å². The van der Waals surface area contributed by atoms with Crippen LogP contribution in [0.3, 0.4) is 0 Å². The summed E-state index contributed by atoms with van der Waals surface area (Å²) in [5.74, 6) is 1.45. The van der Waals surface area contributed by atoms with Crippen molar-refractivity contribution >= 4 is 5.96 Å². The van der Waals surface area contributed by atoms with Crippen LogP contribution in [0, 0.1) is 5.92 Å². The van der Waals surface area contributed by atoms with E-state index >= 15 is 0 Å². The fourth-order valence-electron chi connectivity index (χ4n) is 2.33. The molecule has 0 spiro atoms. The summed E-state index contributed by atoms with van der Waals surface area (Å²) in [7, 11) is 2.06. The van der Waals surface area contributed by atoms with Gasteiger partial charge in [0.05, 0.1) is 0 Å². The predicted molar refractivity (Wildman–Crippen MR) is 67.5 cm³/mol. The van der Waals surface area contributed by atoms with E-state index in [9.17, 15) is 0 Å². The highest BCUT2D eigenvalue weighted by Gasteiger charge is 2.27. The number of nitrogens with two attached hydrogens (primary N) is 1. The van der Waals surface area contributed by atoms with Crippen molar-refractivity contribution < 1.29 is 0 Å². The Hall–Kier alpha value is -0.770. The van der Waals surface area contributed by atoms with Crippen molar-refractivity contribution in [3.8, 4) is 0 Å². The summed E-state index contributed by atoms with van der Waals surface area (Å²) in [6, 6.07) is 0.666. The van der Waals surface area contributed by atoms with Gasteiger partial charge >= 0.3 is 0 Å². The maximum atomic E-state index is 5.97. The van der Waals surface area contributed by atoms with Crippen molar-refractivity contribution in [2.24, 2.45) is 16.6 Å². The molecular weight excluding hydrogens is 200 g/mol. The first kappa shape index (κ1) is 11.7. The van der Waals surface area contributed by atoms with Gasteiger partial charge in [0.2, 0.25) is 0 Å². The van der Waals surface area contributed by atoms with Gasteiger partial charge in [-0.15, -0.1) is 0 Å². The Morgan fingerprint density at radius 3 is 2.75 bits per heavy atom. The van der Waals surface area contributed by atoms with Crippen LogP contribution in [0.5, 0.6) is 0 Å². The van der Waals surface area contributed by atoms with Crippen molar-refractivity contribution in [2.75, 3.05) is 33.2 Å². The minimum Gasteiger partial charge on any atom is -0.370 e. The molecule has 1 heterocycles. The molecule has 1 aliphatic heterocycles. The van der Waals surface area contributed by atoms with Crippen LogP contribution in [0.15, 0.2) is 4.99 Å². The van der Waals surface area contributed by atoms with Crippen LogP contribution in [-0.4, -0.2) is 55.0 Å². The predicted octanol–water partition coefficient (Wildman–Crippen LogP) is 0.737. The molecule has 4 nitrogen and oxygen atoms in total. The third kappa shape index (κ3) is 2.88. The van der Waals surface area contributed by atoms with E-state index in [1.165, 1.54) is 32.4 Å². The highest BCUT2D eigenvalue weighted by molar-refractivity contribution is 5.78. The second kappa shape index (κ2) is 5.04. The molecule has 1 saturated carbocycles. The molecule has 1 aliphatic carbocycles. The molecule has 0 aromatic heterocycles. The van der Waals surface area contributed by atoms with Gasteiger partial charge < -0.3 is 15.5 Å². The van der Waals surface area contributed by atoms with Crippen molar-refractivity contribution in [1.82, 2.24) is 9.80 Å². The lowest BCUT2D eigenvalue weighted by molar-refractivity contribution is 0.343. The van der Waals surface area contributed by atoms with Crippen LogP contribution in [0.4, 0.5) is 0 Å². The lowest BCUT2D eigenvalue weighted by Crippen LogP contribution is -2.36. The van der Waals surface area contributed by atoms with Crippen molar-refractivity contribution in [3.63, 3.8) is 0 Å². The fourth-order valence-corrected chi connectivity index (χ4v) is 2.33. The molecule has 1 atom stereocenters. The molecule has 92 valence electrons. The van der Waals surface area contributed by atoms with Crippen LogP contribution >= 0.6 is 0 Å². The van der Waals surface area contributed by atoms with Crippen LogP contribution in [0.25, 0.3) is 0 Å². The van der Waals surface area contributed by atoms with E-state index in [2.05, 4.69) is 28.8 Å².